The molecule has 0 spiro atoms. The maximum atomic E-state index is 12.7. The maximum absolute atomic E-state index is 12.7. The van der Waals surface area contributed by atoms with E-state index in [0.29, 0.717) is 6.61 Å². The van der Waals surface area contributed by atoms with E-state index in [1.54, 1.807) is 7.11 Å². The lowest BCUT2D eigenvalue weighted by atomic mass is 10.1. The monoisotopic (exact) mass is 283 g/mol. The average molecular weight is 283 g/mol. The topological polar surface area (TPSA) is 47.6 Å². The zero-order valence-electron chi connectivity index (χ0n) is 11.4. The molecule has 1 heterocycles. The van der Waals surface area contributed by atoms with Crippen molar-refractivity contribution in [3.63, 3.8) is 0 Å². The van der Waals surface area contributed by atoms with E-state index in [1.807, 2.05) is 24.3 Å². The highest BCUT2D eigenvalue weighted by Gasteiger charge is 2.30. The molecule has 3 atom stereocenters. The van der Waals surface area contributed by atoms with Crippen molar-refractivity contribution in [1.82, 2.24) is 5.32 Å². The molecule has 0 aromatic heterocycles. The van der Waals surface area contributed by atoms with Gasteiger partial charge >= 0.3 is 0 Å². The molecule has 1 aromatic rings. The standard InChI is InChI=1S/C14H21NO3S/c1-3-15-13-7-8-18-10-14(13)19(16)12-6-4-5-11(9-12)17-2/h4-6,9,13-15H,3,7-8,10H2,1-2H3. The Kier molecular flexibility index (Phi) is 5.36. The molecular weight excluding hydrogens is 262 g/mol. The summed E-state index contributed by atoms with van der Waals surface area (Å²) < 4.78 is 23.4. The minimum Gasteiger partial charge on any atom is -0.497 e. The Balaban J connectivity index is 2.16. The number of rotatable bonds is 5. The number of methoxy groups -OCH3 is 1. The van der Waals surface area contributed by atoms with Gasteiger partial charge in [0.2, 0.25) is 0 Å². The van der Waals surface area contributed by atoms with E-state index < -0.39 is 10.8 Å². The van der Waals surface area contributed by atoms with Gasteiger partial charge in [0.25, 0.3) is 0 Å². The molecule has 1 N–H and O–H groups in total. The van der Waals surface area contributed by atoms with Crippen molar-refractivity contribution in [3.05, 3.63) is 24.3 Å². The van der Waals surface area contributed by atoms with Crippen molar-refractivity contribution >= 4 is 10.8 Å². The van der Waals surface area contributed by atoms with Gasteiger partial charge in [0, 0.05) is 17.5 Å². The molecule has 106 valence electrons. The van der Waals surface area contributed by atoms with Crippen molar-refractivity contribution in [2.24, 2.45) is 0 Å². The maximum Gasteiger partial charge on any atom is 0.120 e. The first-order chi connectivity index (χ1) is 9.26. The third kappa shape index (κ3) is 3.55. The second-order valence-corrected chi connectivity index (χ2v) is 6.21. The molecule has 19 heavy (non-hydrogen) atoms. The molecular formula is C14H21NO3S. The Morgan fingerprint density at radius 3 is 3.11 bits per heavy atom. The van der Waals surface area contributed by atoms with Crippen LogP contribution >= 0.6 is 0 Å². The minimum absolute atomic E-state index is 0.000746. The van der Waals surface area contributed by atoms with Crippen molar-refractivity contribution in [2.75, 3.05) is 26.9 Å². The highest BCUT2D eigenvalue weighted by molar-refractivity contribution is 7.85. The Labute approximate surface area is 116 Å². The summed E-state index contributed by atoms with van der Waals surface area (Å²) in [6.07, 6.45) is 0.911. The third-order valence-corrected chi connectivity index (χ3v) is 5.05. The van der Waals surface area contributed by atoms with Gasteiger partial charge in [-0.15, -0.1) is 0 Å². The number of hydrogen-bond donors (Lipinski definition) is 1. The van der Waals surface area contributed by atoms with Crippen molar-refractivity contribution < 1.29 is 13.7 Å². The van der Waals surface area contributed by atoms with Crippen LogP contribution in [0.4, 0.5) is 0 Å². The molecule has 0 saturated carbocycles. The molecule has 0 radical (unpaired) electrons. The van der Waals surface area contributed by atoms with Crippen molar-refractivity contribution in [2.45, 2.75) is 29.5 Å². The fourth-order valence-electron chi connectivity index (χ4n) is 2.32. The molecule has 5 heteroatoms. The molecule has 1 aliphatic rings. The Hall–Kier alpha value is -0.910. The van der Waals surface area contributed by atoms with E-state index in [0.717, 1.165) is 30.2 Å². The molecule has 4 nitrogen and oxygen atoms in total. The molecule has 0 amide bonds. The first-order valence-electron chi connectivity index (χ1n) is 6.62. The van der Waals surface area contributed by atoms with Crippen LogP contribution in [-0.2, 0) is 15.5 Å². The summed E-state index contributed by atoms with van der Waals surface area (Å²) in [6.45, 7) is 4.24. The molecule has 1 aliphatic heterocycles. The predicted octanol–water partition coefficient (Wildman–Crippen LogP) is 1.57. The van der Waals surface area contributed by atoms with Gasteiger partial charge in [0.1, 0.15) is 5.75 Å². The fourth-order valence-corrected chi connectivity index (χ4v) is 3.86. The van der Waals surface area contributed by atoms with Crippen LogP contribution in [0.3, 0.4) is 0 Å². The van der Waals surface area contributed by atoms with E-state index in [4.69, 9.17) is 9.47 Å². The van der Waals surface area contributed by atoms with Gasteiger partial charge in [-0.3, -0.25) is 4.21 Å². The van der Waals surface area contributed by atoms with E-state index in [2.05, 4.69) is 12.2 Å². The summed E-state index contributed by atoms with van der Waals surface area (Å²) in [6, 6.07) is 7.72. The lowest BCUT2D eigenvalue weighted by molar-refractivity contribution is 0.0824. The molecule has 1 fully saturated rings. The van der Waals surface area contributed by atoms with Crippen LogP contribution in [0.1, 0.15) is 13.3 Å². The molecule has 1 saturated heterocycles. The Bertz CT molecular complexity index is 436. The van der Waals surface area contributed by atoms with Crippen LogP contribution in [-0.4, -0.2) is 42.4 Å². The molecule has 2 rings (SSSR count). The van der Waals surface area contributed by atoms with Crippen LogP contribution in [0, 0.1) is 0 Å². The lowest BCUT2D eigenvalue weighted by Gasteiger charge is -2.31. The zero-order valence-corrected chi connectivity index (χ0v) is 12.2. The van der Waals surface area contributed by atoms with Crippen LogP contribution in [0.2, 0.25) is 0 Å². The first kappa shape index (κ1) is 14.5. The number of nitrogens with one attached hydrogen (secondary N) is 1. The zero-order chi connectivity index (χ0) is 13.7. The second-order valence-electron chi connectivity index (χ2n) is 4.54. The first-order valence-corrected chi connectivity index (χ1v) is 7.83. The highest BCUT2D eigenvalue weighted by Crippen LogP contribution is 2.22. The summed E-state index contributed by atoms with van der Waals surface area (Å²) in [5.74, 6) is 0.738. The van der Waals surface area contributed by atoms with Gasteiger partial charge in [0.15, 0.2) is 0 Å². The Morgan fingerprint density at radius 1 is 1.53 bits per heavy atom. The van der Waals surface area contributed by atoms with Crippen molar-refractivity contribution in [3.8, 4) is 5.75 Å². The van der Waals surface area contributed by atoms with Crippen LogP contribution in [0.15, 0.2) is 29.2 Å². The minimum atomic E-state index is -1.08. The third-order valence-electron chi connectivity index (χ3n) is 3.32. The molecule has 1 aromatic carbocycles. The molecule has 3 unspecified atom stereocenters. The molecule has 0 aliphatic carbocycles. The van der Waals surface area contributed by atoms with E-state index in [-0.39, 0.29) is 11.3 Å². The van der Waals surface area contributed by atoms with Crippen LogP contribution in [0.5, 0.6) is 5.75 Å². The largest absolute Gasteiger partial charge is 0.497 e. The number of benzene rings is 1. The predicted molar refractivity (Wildman–Crippen MR) is 76.1 cm³/mol. The highest BCUT2D eigenvalue weighted by atomic mass is 32.2. The Morgan fingerprint density at radius 2 is 2.37 bits per heavy atom. The van der Waals surface area contributed by atoms with Gasteiger partial charge in [-0.2, -0.15) is 0 Å². The van der Waals surface area contributed by atoms with E-state index in [9.17, 15) is 4.21 Å². The fraction of sp³-hybridized carbons (Fsp3) is 0.571. The van der Waals surface area contributed by atoms with Gasteiger partial charge in [-0.05, 0) is 31.2 Å². The van der Waals surface area contributed by atoms with Gasteiger partial charge in [-0.1, -0.05) is 13.0 Å². The van der Waals surface area contributed by atoms with Crippen LogP contribution in [0.25, 0.3) is 0 Å². The van der Waals surface area contributed by atoms with Gasteiger partial charge in [0.05, 0.1) is 29.8 Å². The summed E-state index contributed by atoms with van der Waals surface area (Å²) in [5, 5.41) is 3.41. The number of ether oxygens (including phenoxy) is 2. The SMILES string of the molecule is CCNC1CCOCC1S(=O)c1cccc(OC)c1. The summed E-state index contributed by atoms with van der Waals surface area (Å²) in [7, 11) is 0.537. The summed E-state index contributed by atoms with van der Waals surface area (Å²) >= 11 is 0. The van der Waals surface area contributed by atoms with E-state index in [1.165, 1.54) is 0 Å². The summed E-state index contributed by atoms with van der Waals surface area (Å²) in [4.78, 5) is 0.803. The smallest absolute Gasteiger partial charge is 0.120 e. The van der Waals surface area contributed by atoms with Crippen molar-refractivity contribution in [1.29, 1.82) is 0 Å². The number of hydrogen-bond acceptors (Lipinski definition) is 4. The van der Waals surface area contributed by atoms with Gasteiger partial charge < -0.3 is 14.8 Å². The summed E-state index contributed by atoms with van der Waals surface area (Å²) in [5.41, 5.74) is 0. The molecule has 0 bridgehead atoms. The normalized spacial score (nSPS) is 24.9. The quantitative estimate of drug-likeness (QED) is 0.891. The van der Waals surface area contributed by atoms with E-state index >= 15 is 0 Å². The average Bonchev–Trinajstić information content (AvgIpc) is 2.47. The second kappa shape index (κ2) is 7.03. The van der Waals surface area contributed by atoms with Crippen LogP contribution < -0.4 is 10.1 Å². The lowest BCUT2D eigenvalue weighted by Crippen LogP contribution is -2.48. The van der Waals surface area contributed by atoms with Gasteiger partial charge in [-0.25, -0.2) is 0 Å².